The Balaban J connectivity index is 1.58. The Hall–Kier alpha value is -2.21. The molecule has 0 unspecified atom stereocenters. The molecule has 0 radical (unpaired) electrons. The number of nitrogens with zero attached hydrogens (tertiary/aromatic N) is 3. The van der Waals surface area contributed by atoms with Gasteiger partial charge in [-0.15, -0.1) is 5.10 Å². The third kappa shape index (κ3) is 2.63. The molecule has 6 heteroatoms. The SMILES string of the molecule is O=C(NCCn1ccnn1)c1ccc2c(c1)CNC2. The zero-order valence-corrected chi connectivity index (χ0v) is 10.5. The molecule has 1 aromatic carbocycles. The third-order valence-corrected chi connectivity index (χ3v) is 3.20. The quantitative estimate of drug-likeness (QED) is 0.827. The van der Waals surface area contributed by atoms with E-state index in [-0.39, 0.29) is 5.91 Å². The maximum Gasteiger partial charge on any atom is 0.251 e. The molecule has 0 fully saturated rings. The first-order valence-electron chi connectivity index (χ1n) is 6.28. The Morgan fingerprint density at radius 2 is 2.26 bits per heavy atom. The lowest BCUT2D eigenvalue weighted by atomic mass is 10.1. The van der Waals surface area contributed by atoms with Gasteiger partial charge in [-0.3, -0.25) is 9.48 Å². The molecule has 1 aromatic heterocycles. The Kier molecular flexibility index (Phi) is 3.24. The minimum atomic E-state index is -0.0465. The smallest absolute Gasteiger partial charge is 0.251 e. The van der Waals surface area contributed by atoms with Crippen molar-refractivity contribution in [2.24, 2.45) is 0 Å². The van der Waals surface area contributed by atoms with E-state index >= 15 is 0 Å². The van der Waals surface area contributed by atoms with Crippen molar-refractivity contribution in [3.63, 3.8) is 0 Å². The number of aromatic nitrogens is 3. The van der Waals surface area contributed by atoms with E-state index in [1.807, 2.05) is 18.2 Å². The van der Waals surface area contributed by atoms with Gasteiger partial charge in [0.05, 0.1) is 12.7 Å². The van der Waals surface area contributed by atoms with E-state index in [4.69, 9.17) is 0 Å². The molecule has 1 aliphatic rings. The second kappa shape index (κ2) is 5.19. The summed E-state index contributed by atoms with van der Waals surface area (Å²) in [7, 11) is 0. The van der Waals surface area contributed by atoms with Gasteiger partial charge < -0.3 is 10.6 Å². The fourth-order valence-electron chi connectivity index (χ4n) is 2.17. The van der Waals surface area contributed by atoms with E-state index in [2.05, 4.69) is 20.9 Å². The van der Waals surface area contributed by atoms with Crippen molar-refractivity contribution in [2.45, 2.75) is 19.6 Å². The maximum atomic E-state index is 12.0. The van der Waals surface area contributed by atoms with Gasteiger partial charge in [0.2, 0.25) is 0 Å². The average Bonchev–Trinajstić information content (AvgIpc) is 3.08. The summed E-state index contributed by atoms with van der Waals surface area (Å²) in [6.07, 6.45) is 3.39. The molecule has 2 aromatic rings. The molecule has 0 bridgehead atoms. The highest BCUT2D eigenvalue weighted by Crippen LogP contribution is 2.16. The number of carbonyl (C=O) groups excluding carboxylic acids is 1. The first kappa shape index (κ1) is 11.9. The molecule has 0 spiro atoms. The highest BCUT2D eigenvalue weighted by molar-refractivity contribution is 5.94. The van der Waals surface area contributed by atoms with Gasteiger partial charge in [-0.05, 0) is 23.3 Å². The van der Waals surface area contributed by atoms with E-state index in [0.29, 0.717) is 18.7 Å². The van der Waals surface area contributed by atoms with Crippen LogP contribution in [0.25, 0.3) is 0 Å². The van der Waals surface area contributed by atoms with Crippen molar-refractivity contribution in [3.05, 3.63) is 47.3 Å². The zero-order chi connectivity index (χ0) is 13.1. The Labute approximate surface area is 110 Å². The lowest BCUT2D eigenvalue weighted by molar-refractivity contribution is 0.0952. The summed E-state index contributed by atoms with van der Waals surface area (Å²) in [6, 6.07) is 5.85. The van der Waals surface area contributed by atoms with E-state index in [9.17, 15) is 4.79 Å². The monoisotopic (exact) mass is 257 g/mol. The van der Waals surface area contributed by atoms with Crippen LogP contribution < -0.4 is 10.6 Å². The molecule has 0 aliphatic carbocycles. The van der Waals surface area contributed by atoms with Crippen molar-refractivity contribution in [2.75, 3.05) is 6.54 Å². The summed E-state index contributed by atoms with van der Waals surface area (Å²) in [6.45, 7) is 2.90. The predicted molar refractivity (Wildman–Crippen MR) is 69.3 cm³/mol. The zero-order valence-electron chi connectivity index (χ0n) is 10.5. The fourth-order valence-corrected chi connectivity index (χ4v) is 2.17. The molecular weight excluding hydrogens is 242 g/mol. The predicted octanol–water partition coefficient (Wildman–Crippen LogP) is 0.311. The molecule has 0 saturated carbocycles. The van der Waals surface area contributed by atoms with Gasteiger partial charge in [0.25, 0.3) is 5.91 Å². The van der Waals surface area contributed by atoms with Crippen LogP contribution in [0, 0.1) is 0 Å². The molecule has 1 amide bonds. The Morgan fingerprint density at radius 1 is 1.37 bits per heavy atom. The number of carbonyl (C=O) groups is 1. The summed E-state index contributed by atoms with van der Waals surface area (Å²) < 4.78 is 1.69. The lowest BCUT2D eigenvalue weighted by Crippen LogP contribution is -2.27. The van der Waals surface area contributed by atoms with Crippen molar-refractivity contribution in [1.82, 2.24) is 25.6 Å². The number of amides is 1. The summed E-state index contributed by atoms with van der Waals surface area (Å²) >= 11 is 0. The number of rotatable bonds is 4. The molecule has 19 heavy (non-hydrogen) atoms. The second-order valence-corrected chi connectivity index (χ2v) is 4.51. The molecule has 6 nitrogen and oxygen atoms in total. The van der Waals surface area contributed by atoms with Gasteiger partial charge in [0, 0.05) is 31.4 Å². The van der Waals surface area contributed by atoms with E-state index in [0.717, 1.165) is 13.1 Å². The minimum Gasteiger partial charge on any atom is -0.350 e. The summed E-state index contributed by atoms with van der Waals surface area (Å²) in [5.74, 6) is -0.0465. The Bertz CT molecular complexity index is 579. The first-order chi connectivity index (χ1) is 9.33. The van der Waals surface area contributed by atoms with E-state index < -0.39 is 0 Å². The molecular formula is C13H15N5O. The van der Waals surface area contributed by atoms with Crippen LogP contribution in [-0.4, -0.2) is 27.4 Å². The van der Waals surface area contributed by atoms with Crippen LogP contribution in [0.15, 0.2) is 30.6 Å². The topological polar surface area (TPSA) is 71.8 Å². The summed E-state index contributed by atoms with van der Waals surface area (Å²) in [4.78, 5) is 12.0. The van der Waals surface area contributed by atoms with Crippen LogP contribution in [0.2, 0.25) is 0 Å². The Morgan fingerprint density at radius 3 is 3.11 bits per heavy atom. The molecule has 0 saturated heterocycles. The second-order valence-electron chi connectivity index (χ2n) is 4.51. The van der Waals surface area contributed by atoms with Gasteiger partial charge in [-0.25, -0.2) is 0 Å². The number of hydrogen-bond donors (Lipinski definition) is 2. The minimum absolute atomic E-state index is 0.0465. The summed E-state index contributed by atoms with van der Waals surface area (Å²) in [5.41, 5.74) is 3.20. The molecule has 2 N–H and O–H groups in total. The fraction of sp³-hybridized carbons (Fsp3) is 0.308. The van der Waals surface area contributed by atoms with Gasteiger partial charge in [-0.2, -0.15) is 0 Å². The van der Waals surface area contributed by atoms with Crippen LogP contribution in [-0.2, 0) is 19.6 Å². The standard InChI is InChI=1S/C13H15N5O/c19-13(15-3-5-18-6-4-16-17-18)10-1-2-11-8-14-9-12(11)7-10/h1-2,4,6-7,14H,3,5,8-9H2,(H,15,19). The van der Waals surface area contributed by atoms with Crippen LogP contribution in [0.4, 0.5) is 0 Å². The number of hydrogen-bond acceptors (Lipinski definition) is 4. The molecule has 1 aliphatic heterocycles. The third-order valence-electron chi connectivity index (χ3n) is 3.20. The largest absolute Gasteiger partial charge is 0.350 e. The maximum absolute atomic E-state index is 12.0. The van der Waals surface area contributed by atoms with Crippen molar-refractivity contribution < 1.29 is 4.79 Å². The van der Waals surface area contributed by atoms with Gasteiger partial charge in [-0.1, -0.05) is 11.3 Å². The van der Waals surface area contributed by atoms with Crippen LogP contribution in [0.5, 0.6) is 0 Å². The molecule has 98 valence electrons. The van der Waals surface area contributed by atoms with Crippen LogP contribution in [0.3, 0.4) is 0 Å². The average molecular weight is 257 g/mol. The van der Waals surface area contributed by atoms with Crippen molar-refractivity contribution in [3.8, 4) is 0 Å². The van der Waals surface area contributed by atoms with Gasteiger partial charge in [0.15, 0.2) is 0 Å². The molecule has 2 heterocycles. The normalized spacial score (nSPS) is 13.3. The highest BCUT2D eigenvalue weighted by atomic mass is 16.1. The number of nitrogens with one attached hydrogen (secondary N) is 2. The van der Waals surface area contributed by atoms with E-state index in [1.165, 1.54) is 11.1 Å². The van der Waals surface area contributed by atoms with Crippen LogP contribution >= 0.6 is 0 Å². The van der Waals surface area contributed by atoms with Crippen molar-refractivity contribution in [1.29, 1.82) is 0 Å². The van der Waals surface area contributed by atoms with Crippen LogP contribution in [0.1, 0.15) is 21.5 Å². The highest BCUT2D eigenvalue weighted by Gasteiger charge is 2.13. The molecule has 3 rings (SSSR count). The number of fused-ring (bicyclic) bond motifs is 1. The first-order valence-corrected chi connectivity index (χ1v) is 6.28. The summed E-state index contributed by atoms with van der Waals surface area (Å²) in [5, 5.41) is 13.7. The lowest BCUT2D eigenvalue weighted by Gasteiger charge is -2.06. The number of benzene rings is 1. The molecule has 0 atom stereocenters. The van der Waals surface area contributed by atoms with Gasteiger partial charge >= 0.3 is 0 Å². The van der Waals surface area contributed by atoms with E-state index in [1.54, 1.807) is 17.1 Å². The van der Waals surface area contributed by atoms with Gasteiger partial charge in [0.1, 0.15) is 0 Å². The van der Waals surface area contributed by atoms with Crippen molar-refractivity contribution >= 4 is 5.91 Å².